The molecule has 2 rings (SSSR count). The number of rotatable bonds is 4. The summed E-state index contributed by atoms with van der Waals surface area (Å²) >= 11 is 0. The van der Waals surface area contributed by atoms with Crippen molar-refractivity contribution >= 4 is 5.97 Å². The van der Waals surface area contributed by atoms with Crippen LogP contribution < -0.4 is 4.74 Å². The Morgan fingerprint density at radius 2 is 2.35 bits per heavy atom. The molecule has 4 heteroatoms. The second kappa shape index (κ2) is 5.19. The number of cyclic esters (lactones) is 1. The van der Waals surface area contributed by atoms with E-state index in [2.05, 4.69) is 0 Å². The molecule has 92 valence electrons. The van der Waals surface area contributed by atoms with Gasteiger partial charge in [0.1, 0.15) is 12.4 Å². The molecule has 0 bridgehead atoms. The normalized spacial score (nSPS) is 16.0. The van der Waals surface area contributed by atoms with E-state index in [0.717, 1.165) is 5.56 Å². The molecule has 1 aliphatic heterocycles. The van der Waals surface area contributed by atoms with Crippen molar-refractivity contribution in [2.75, 3.05) is 13.2 Å². The summed E-state index contributed by atoms with van der Waals surface area (Å²) in [5.74, 6) is 0.414. The van der Waals surface area contributed by atoms with Gasteiger partial charge in [-0.1, -0.05) is 6.92 Å². The van der Waals surface area contributed by atoms with E-state index < -0.39 is 6.10 Å². The van der Waals surface area contributed by atoms with E-state index >= 15 is 0 Å². The predicted octanol–water partition coefficient (Wildman–Crippen LogP) is 1.55. The van der Waals surface area contributed by atoms with Crippen LogP contribution in [-0.2, 0) is 11.2 Å². The first-order chi connectivity index (χ1) is 8.20. The number of carbonyl (C=O) groups excluding carboxylic acids is 1. The topological polar surface area (TPSA) is 55.8 Å². The summed E-state index contributed by atoms with van der Waals surface area (Å²) in [6.07, 6.45) is 0.933. The Bertz CT molecular complexity index is 414. The smallest absolute Gasteiger partial charge is 0.338 e. The van der Waals surface area contributed by atoms with Crippen LogP contribution in [0.4, 0.5) is 0 Å². The summed E-state index contributed by atoms with van der Waals surface area (Å²) in [6, 6.07) is 5.29. The summed E-state index contributed by atoms with van der Waals surface area (Å²) in [4.78, 5) is 11.4. The summed E-state index contributed by atoms with van der Waals surface area (Å²) in [5, 5.41) is 9.40. The van der Waals surface area contributed by atoms with E-state index in [-0.39, 0.29) is 12.6 Å². The number of aliphatic hydroxyl groups is 1. The van der Waals surface area contributed by atoms with Crippen molar-refractivity contribution in [3.05, 3.63) is 29.3 Å². The van der Waals surface area contributed by atoms with Gasteiger partial charge in [0, 0.05) is 6.42 Å². The molecule has 0 aliphatic carbocycles. The molecular formula is C13H16O4. The number of carbonyl (C=O) groups is 1. The van der Waals surface area contributed by atoms with Crippen LogP contribution in [0.5, 0.6) is 5.75 Å². The SMILES string of the molecule is CC[C@H](O)COc1ccc2c(c1)CCOC2=O. The quantitative estimate of drug-likeness (QED) is 0.806. The molecule has 1 atom stereocenters. The van der Waals surface area contributed by atoms with Crippen LogP contribution in [0.2, 0.25) is 0 Å². The van der Waals surface area contributed by atoms with E-state index in [1.54, 1.807) is 12.1 Å². The molecule has 1 heterocycles. The molecule has 0 saturated carbocycles. The maximum Gasteiger partial charge on any atom is 0.338 e. The average molecular weight is 236 g/mol. The van der Waals surface area contributed by atoms with Crippen LogP contribution in [0.15, 0.2) is 18.2 Å². The summed E-state index contributed by atoms with van der Waals surface area (Å²) < 4.78 is 10.4. The van der Waals surface area contributed by atoms with E-state index in [0.29, 0.717) is 30.8 Å². The Labute approximate surface area is 100 Å². The standard InChI is InChI=1S/C13H16O4/c1-2-10(14)8-17-11-3-4-12-9(7-11)5-6-16-13(12)15/h3-4,7,10,14H,2,5-6,8H2,1H3/t10-/m0/s1. The highest BCUT2D eigenvalue weighted by atomic mass is 16.5. The number of hydrogen-bond donors (Lipinski definition) is 1. The molecule has 1 aromatic carbocycles. The van der Waals surface area contributed by atoms with Crippen LogP contribution in [0, 0.1) is 0 Å². The first-order valence-electron chi connectivity index (χ1n) is 5.81. The number of benzene rings is 1. The summed E-state index contributed by atoms with van der Waals surface area (Å²) in [7, 11) is 0. The lowest BCUT2D eigenvalue weighted by molar-refractivity contribution is 0.0479. The van der Waals surface area contributed by atoms with Gasteiger partial charge in [0.2, 0.25) is 0 Å². The zero-order chi connectivity index (χ0) is 12.3. The molecule has 0 amide bonds. The maximum absolute atomic E-state index is 11.4. The van der Waals surface area contributed by atoms with Gasteiger partial charge in [0.05, 0.1) is 18.3 Å². The molecule has 0 aromatic heterocycles. The van der Waals surface area contributed by atoms with Crippen molar-refractivity contribution < 1.29 is 19.4 Å². The first-order valence-corrected chi connectivity index (χ1v) is 5.81. The molecule has 1 aliphatic rings. The number of fused-ring (bicyclic) bond motifs is 1. The van der Waals surface area contributed by atoms with Crippen molar-refractivity contribution in [3.63, 3.8) is 0 Å². The minimum Gasteiger partial charge on any atom is -0.491 e. The number of aliphatic hydroxyl groups excluding tert-OH is 1. The van der Waals surface area contributed by atoms with Crippen LogP contribution in [-0.4, -0.2) is 30.4 Å². The molecule has 1 N–H and O–H groups in total. The lowest BCUT2D eigenvalue weighted by atomic mass is 10.0. The van der Waals surface area contributed by atoms with E-state index in [4.69, 9.17) is 9.47 Å². The van der Waals surface area contributed by atoms with Gasteiger partial charge in [0.25, 0.3) is 0 Å². The molecule has 17 heavy (non-hydrogen) atoms. The highest BCUT2D eigenvalue weighted by Gasteiger charge is 2.18. The van der Waals surface area contributed by atoms with Gasteiger partial charge in [-0.15, -0.1) is 0 Å². The number of esters is 1. The third-order valence-electron chi connectivity index (χ3n) is 2.81. The molecule has 1 aromatic rings. The van der Waals surface area contributed by atoms with E-state index in [1.807, 2.05) is 13.0 Å². The van der Waals surface area contributed by atoms with Crippen molar-refractivity contribution in [1.29, 1.82) is 0 Å². The third-order valence-corrected chi connectivity index (χ3v) is 2.81. The van der Waals surface area contributed by atoms with E-state index in [9.17, 15) is 9.90 Å². The Kier molecular flexibility index (Phi) is 3.64. The van der Waals surface area contributed by atoms with Gasteiger partial charge in [0.15, 0.2) is 0 Å². The third kappa shape index (κ3) is 2.77. The number of ether oxygens (including phenoxy) is 2. The lowest BCUT2D eigenvalue weighted by Crippen LogP contribution is -2.19. The average Bonchev–Trinajstić information content (AvgIpc) is 2.36. The highest BCUT2D eigenvalue weighted by Crippen LogP contribution is 2.22. The summed E-state index contributed by atoms with van der Waals surface area (Å²) in [5.41, 5.74) is 1.56. The largest absolute Gasteiger partial charge is 0.491 e. The molecule has 0 saturated heterocycles. The van der Waals surface area contributed by atoms with Crippen LogP contribution in [0.1, 0.15) is 29.3 Å². The molecule has 0 spiro atoms. The van der Waals surface area contributed by atoms with Gasteiger partial charge >= 0.3 is 5.97 Å². The maximum atomic E-state index is 11.4. The molecular weight excluding hydrogens is 220 g/mol. The minimum atomic E-state index is -0.448. The van der Waals surface area contributed by atoms with Gasteiger partial charge in [-0.25, -0.2) is 4.79 Å². The van der Waals surface area contributed by atoms with Gasteiger partial charge in [-0.05, 0) is 30.2 Å². The number of hydrogen-bond acceptors (Lipinski definition) is 4. The van der Waals surface area contributed by atoms with E-state index in [1.165, 1.54) is 0 Å². The predicted molar refractivity (Wildman–Crippen MR) is 62.2 cm³/mol. The Morgan fingerprint density at radius 1 is 1.53 bits per heavy atom. The molecule has 0 unspecified atom stereocenters. The fourth-order valence-electron chi connectivity index (χ4n) is 1.71. The molecule has 0 radical (unpaired) electrons. The molecule has 0 fully saturated rings. The second-order valence-electron chi connectivity index (χ2n) is 4.08. The lowest BCUT2D eigenvalue weighted by Gasteiger charge is -2.17. The highest BCUT2D eigenvalue weighted by molar-refractivity contribution is 5.92. The fourth-order valence-corrected chi connectivity index (χ4v) is 1.71. The zero-order valence-corrected chi connectivity index (χ0v) is 9.81. The van der Waals surface area contributed by atoms with Gasteiger partial charge < -0.3 is 14.6 Å². The Hall–Kier alpha value is -1.55. The van der Waals surface area contributed by atoms with Crippen LogP contribution in [0.25, 0.3) is 0 Å². The van der Waals surface area contributed by atoms with Gasteiger partial charge in [-0.3, -0.25) is 0 Å². The first kappa shape index (κ1) is 11.9. The van der Waals surface area contributed by atoms with Crippen molar-refractivity contribution in [1.82, 2.24) is 0 Å². The molecule has 4 nitrogen and oxygen atoms in total. The van der Waals surface area contributed by atoms with Gasteiger partial charge in [-0.2, -0.15) is 0 Å². The summed E-state index contributed by atoms with van der Waals surface area (Å²) in [6.45, 7) is 2.60. The second-order valence-corrected chi connectivity index (χ2v) is 4.08. The van der Waals surface area contributed by atoms with Crippen molar-refractivity contribution in [2.45, 2.75) is 25.9 Å². The monoisotopic (exact) mass is 236 g/mol. The van der Waals surface area contributed by atoms with Crippen LogP contribution in [0.3, 0.4) is 0 Å². The van der Waals surface area contributed by atoms with Crippen molar-refractivity contribution in [2.24, 2.45) is 0 Å². The minimum absolute atomic E-state index is 0.272. The fraction of sp³-hybridized carbons (Fsp3) is 0.462. The Balaban J connectivity index is 2.08. The van der Waals surface area contributed by atoms with Crippen molar-refractivity contribution in [3.8, 4) is 5.75 Å². The Morgan fingerprint density at radius 3 is 3.12 bits per heavy atom. The van der Waals surface area contributed by atoms with Crippen LogP contribution >= 0.6 is 0 Å². The zero-order valence-electron chi connectivity index (χ0n) is 9.81.